The zero-order chi connectivity index (χ0) is 13.2. The van der Waals surface area contributed by atoms with Crippen molar-refractivity contribution >= 4 is 5.65 Å². The highest BCUT2D eigenvalue weighted by Gasteiger charge is 2.18. The first kappa shape index (κ1) is 11.4. The van der Waals surface area contributed by atoms with E-state index in [9.17, 15) is 5.26 Å². The fraction of sp³-hybridized carbons (Fsp3) is 0.133. The van der Waals surface area contributed by atoms with Crippen molar-refractivity contribution in [3.05, 3.63) is 54.6 Å². The predicted molar refractivity (Wildman–Crippen MR) is 72.5 cm³/mol. The molecule has 3 heterocycles. The maximum absolute atomic E-state index is 9.23. The Morgan fingerprint density at radius 1 is 1.21 bits per heavy atom. The molecule has 0 fully saturated rings. The van der Waals surface area contributed by atoms with Crippen LogP contribution in [0.2, 0.25) is 0 Å². The van der Waals surface area contributed by atoms with E-state index in [0.717, 1.165) is 22.6 Å². The summed E-state index contributed by atoms with van der Waals surface area (Å²) in [7, 11) is 0. The van der Waals surface area contributed by atoms with Crippen LogP contribution in [0.15, 0.2) is 48.9 Å². The number of hydrogen-bond acceptors (Lipinski definition) is 3. The highest BCUT2D eigenvalue weighted by atomic mass is 15.0. The number of fused-ring (bicyclic) bond motifs is 1. The van der Waals surface area contributed by atoms with Crippen molar-refractivity contribution in [3.63, 3.8) is 0 Å². The van der Waals surface area contributed by atoms with Gasteiger partial charge in [-0.25, -0.2) is 4.98 Å². The summed E-state index contributed by atoms with van der Waals surface area (Å²) in [6.45, 7) is 1.89. The van der Waals surface area contributed by atoms with Crippen molar-refractivity contribution in [1.82, 2.24) is 14.4 Å². The van der Waals surface area contributed by atoms with Crippen molar-refractivity contribution < 1.29 is 0 Å². The Labute approximate surface area is 111 Å². The molecule has 4 nitrogen and oxygen atoms in total. The highest BCUT2D eigenvalue weighted by Crippen LogP contribution is 2.29. The standard InChI is InChI=1S/C15H12N4/c1-11(10-16)15-14(12-5-7-17-8-6-12)18-13-4-2-3-9-19(13)15/h2-9,11H,1H3. The Hall–Kier alpha value is -2.67. The first-order valence-electron chi connectivity index (χ1n) is 6.08. The average Bonchev–Trinajstić information content (AvgIpc) is 2.87. The summed E-state index contributed by atoms with van der Waals surface area (Å²) in [4.78, 5) is 8.66. The number of nitrogens with zero attached hydrogens (tertiary/aromatic N) is 4. The summed E-state index contributed by atoms with van der Waals surface area (Å²) in [5.41, 5.74) is 3.61. The molecule has 92 valence electrons. The third-order valence-corrected chi connectivity index (χ3v) is 3.12. The van der Waals surface area contributed by atoms with Crippen molar-refractivity contribution in [2.75, 3.05) is 0 Å². The molecule has 1 atom stereocenters. The van der Waals surface area contributed by atoms with Crippen LogP contribution in [-0.4, -0.2) is 14.4 Å². The third kappa shape index (κ3) is 1.85. The van der Waals surface area contributed by atoms with Gasteiger partial charge in [0.15, 0.2) is 0 Å². The summed E-state index contributed by atoms with van der Waals surface area (Å²) < 4.78 is 1.98. The van der Waals surface area contributed by atoms with Gasteiger partial charge in [0.25, 0.3) is 0 Å². The molecule has 3 aromatic heterocycles. The van der Waals surface area contributed by atoms with Crippen LogP contribution in [0.1, 0.15) is 18.5 Å². The molecular formula is C15H12N4. The number of aromatic nitrogens is 3. The maximum Gasteiger partial charge on any atom is 0.137 e. The summed E-state index contributed by atoms with van der Waals surface area (Å²) in [5, 5.41) is 9.23. The van der Waals surface area contributed by atoms with E-state index >= 15 is 0 Å². The average molecular weight is 248 g/mol. The van der Waals surface area contributed by atoms with E-state index in [1.165, 1.54) is 0 Å². The van der Waals surface area contributed by atoms with Crippen molar-refractivity contribution in [1.29, 1.82) is 5.26 Å². The molecule has 0 spiro atoms. The van der Waals surface area contributed by atoms with Crippen LogP contribution < -0.4 is 0 Å². The second-order valence-corrected chi connectivity index (χ2v) is 4.36. The lowest BCUT2D eigenvalue weighted by Gasteiger charge is -2.06. The van der Waals surface area contributed by atoms with Gasteiger partial charge in [-0.2, -0.15) is 5.26 Å². The zero-order valence-electron chi connectivity index (χ0n) is 10.5. The van der Waals surface area contributed by atoms with Gasteiger partial charge in [0.05, 0.1) is 23.4 Å². The fourth-order valence-electron chi connectivity index (χ4n) is 2.21. The monoisotopic (exact) mass is 248 g/mol. The van der Waals surface area contributed by atoms with Gasteiger partial charge in [0, 0.05) is 24.2 Å². The van der Waals surface area contributed by atoms with Gasteiger partial charge >= 0.3 is 0 Å². The van der Waals surface area contributed by atoms with E-state index in [1.54, 1.807) is 12.4 Å². The van der Waals surface area contributed by atoms with E-state index in [0.29, 0.717) is 0 Å². The predicted octanol–water partition coefficient (Wildman–Crippen LogP) is 3.02. The molecule has 0 radical (unpaired) electrons. The largest absolute Gasteiger partial charge is 0.302 e. The third-order valence-electron chi connectivity index (χ3n) is 3.12. The molecule has 0 bridgehead atoms. The molecule has 4 heteroatoms. The van der Waals surface area contributed by atoms with Crippen molar-refractivity contribution in [3.8, 4) is 17.3 Å². The van der Waals surface area contributed by atoms with Crippen LogP contribution in [0.5, 0.6) is 0 Å². The van der Waals surface area contributed by atoms with Gasteiger partial charge in [0.1, 0.15) is 5.65 Å². The molecule has 0 aliphatic heterocycles. The van der Waals surface area contributed by atoms with Crippen LogP contribution in [0.3, 0.4) is 0 Å². The molecular weight excluding hydrogens is 236 g/mol. The molecule has 0 aliphatic carbocycles. The first-order valence-corrected chi connectivity index (χ1v) is 6.08. The van der Waals surface area contributed by atoms with Gasteiger partial charge in [-0.1, -0.05) is 6.07 Å². The number of hydrogen-bond donors (Lipinski definition) is 0. The Morgan fingerprint density at radius 3 is 2.74 bits per heavy atom. The van der Waals surface area contributed by atoms with Crippen LogP contribution in [0.25, 0.3) is 16.9 Å². The second kappa shape index (κ2) is 4.54. The molecule has 0 aromatic carbocycles. The number of nitriles is 1. The summed E-state index contributed by atoms with van der Waals surface area (Å²) >= 11 is 0. The van der Waals surface area contributed by atoms with Crippen molar-refractivity contribution in [2.24, 2.45) is 0 Å². The summed E-state index contributed by atoms with van der Waals surface area (Å²) in [5.74, 6) is -0.222. The van der Waals surface area contributed by atoms with Gasteiger partial charge in [0.2, 0.25) is 0 Å². The number of pyridine rings is 2. The molecule has 0 saturated heterocycles. The molecule has 0 N–H and O–H groups in total. The minimum absolute atomic E-state index is 0.222. The Balaban J connectivity index is 2.33. The van der Waals surface area contributed by atoms with E-state index in [-0.39, 0.29) is 5.92 Å². The van der Waals surface area contributed by atoms with Crippen LogP contribution in [0.4, 0.5) is 0 Å². The lowest BCUT2D eigenvalue weighted by molar-refractivity contribution is 0.900. The van der Waals surface area contributed by atoms with E-state index < -0.39 is 0 Å². The Bertz CT molecular complexity index is 753. The van der Waals surface area contributed by atoms with Gasteiger partial charge in [-0.15, -0.1) is 0 Å². The van der Waals surface area contributed by atoms with Gasteiger partial charge in [-0.3, -0.25) is 4.98 Å². The van der Waals surface area contributed by atoms with Crippen LogP contribution in [-0.2, 0) is 0 Å². The maximum atomic E-state index is 9.23. The molecule has 0 aliphatic rings. The van der Waals surface area contributed by atoms with Gasteiger partial charge in [-0.05, 0) is 31.2 Å². The smallest absolute Gasteiger partial charge is 0.137 e. The molecule has 0 saturated carbocycles. The Morgan fingerprint density at radius 2 is 2.00 bits per heavy atom. The molecule has 3 rings (SSSR count). The summed E-state index contributed by atoms with van der Waals surface area (Å²) in [6, 6.07) is 11.9. The highest BCUT2D eigenvalue weighted by molar-refractivity contribution is 5.67. The van der Waals surface area contributed by atoms with Crippen LogP contribution in [0, 0.1) is 11.3 Å². The zero-order valence-corrected chi connectivity index (χ0v) is 10.5. The van der Waals surface area contributed by atoms with Crippen molar-refractivity contribution in [2.45, 2.75) is 12.8 Å². The van der Waals surface area contributed by atoms with Crippen LogP contribution >= 0.6 is 0 Å². The molecule has 3 aromatic rings. The van der Waals surface area contributed by atoms with E-state index in [4.69, 9.17) is 0 Å². The fourth-order valence-corrected chi connectivity index (χ4v) is 2.21. The molecule has 19 heavy (non-hydrogen) atoms. The lowest BCUT2D eigenvalue weighted by Crippen LogP contribution is -1.98. The first-order chi connectivity index (χ1) is 9.31. The summed E-state index contributed by atoms with van der Waals surface area (Å²) in [6.07, 6.45) is 5.41. The van der Waals surface area contributed by atoms with Gasteiger partial charge < -0.3 is 4.40 Å². The van der Waals surface area contributed by atoms with E-state index in [2.05, 4.69) is 16.0 Å². The quantitative estimate of drug-likeness (QED) is 0.700. The second-order valence-electron chi connectivity index (χ2n) is 4.36. The van der Waals surface area contributed by atoms with E-state index in [1.807, 2.05) is 47.9 Å². The minimum atomic E-state index is -0.222. The molecule has 0 amide bonds. The lowest BCUT2D eigenvalue weighted by atomic mass is 10.0. The number of imidazole rings is 1. The molecule has 1 unspecified atom stereocenters. The topological polar surface area (TPSA) is 54.0 Å². The normalized spacial score (nSPS) is 12.2. The Kier molecular flexibility index (Phi) is 2.73. The minimum Gasteiger partial charge on any atom is -0.302 e. The SMILES string of the molecule is CC(C#N)c1c(-c2ccncc2)nc2ccccn12. The number of rotatable bonds is 2.